The molecule has 18 heavy (non-hydrogen) atoms. The van der Waals surface area contributed by atoms with Crippen LogP contribution in [-0.2, 0) is 0 Å². The van der Waals surface area contributed by atoms with Crippen LogP contribution in [0.3, 0.4) is 0 Å². The second kappa shape index (κ2) is 4.59. The molecule has 0 saturated carbocycles. The SMILES string of the molecule is CC(C)(C)C1CCN(C(=O)c2cnccc2N)C1. The fourth-order valence-corrected chi connectivity index (χ4v) is 2.41. The molecule has 2 N–H and O–H groups in total. The first kappa shape index (κ1) is 12.9. The lowest BCUT2D eigenvalue weighted by Gasteiger charge is -2.27. The maximum atomic E-state index is 12.3. The average molecular weight is 247 g/mol. The summed E-state index contributed by atoms with van der Waals surface area (Å²) < 4.78 is 0. The van der Waals surface area contributed by atoms with E-state index in [-0.39, 0.29) is 11.3 Å². The molecular weight excluding hydrogens is 226 g/mol. The third-order valence-corrected chi connectivity index (χ3v) is 3.79. The van der Waals surface area contributed by atoms with E-state index in [1.54, 1.807) is 18.5 Å². The molecule has 1 atom stereocenters. The van der Waals surface area contributed by atoms with E-state index < -0.39 is 0 Å². The number of carbonyl (C=O) groups excluding carboxylic acids is 1. The summed E-state index contributed by atoms with van der Waals surface area (Å²) in [6.45, 7) is 8.31. The molecule has 1 aliphatic heterocycles. The zero-order valence-corrected chi connectivity index (χ0v) is 11.3. The van der Waals surface area contributed by atoms with Gasteiger partial charge in [0.25, 0.3) is 5.91 Å². The van der Waals surface area contributed by atoms with Crippen molar-refractivity contribution in [1.29, 1.82) is 0 Å². The van der Waals surface area contributed by atoms with Gasteiger partial charge in [0.15, 0.2) is 0 Å². The van der Waals surface area contributed by atoms with Crippen LogP contribution in [0.25, 0.3) is 0 Å². The summed E-state index contributed by atoms with van der Waals surface area (Å²) in [5.41, 5.74) is 7.10. The molecule has 2 rings (SSSR count). The van der Waals surface area contributed by atoms with Crippen LogP contribution >= 0.6 is 0 Å². The Balaban J connectivity index is 2.11. The summed E-state index contributed by atoms with van der Waals surface area (Å²) in [6.07, 6.45) is 4.23. The number of nitrogens with zero attached hydrogens (tertiary/aromatic N) is 2. The molecule has 4 nitrogen and oxygen atoms in total. The van der Waals surface area contributed by atoms with Gasteiger partial charge in [0.1, 0.15) is 0 Å². The molecule has 0 aliphatic carbocycles. The molecule has 1 amide bonds. The van der Waals surface area contributed by atoms with Crippen molar-refractivity contribution >= 4 is 11.6 Å². The number of carbonyl (C=O) groups is 1. The first-order valence-electron chi connectivity index (χ1n) is 6.38. The number of aromatic nitrogens is 1. The van der Waals surface area contributed by atoms with Crippen molar-refractivity contribution in [2.45, 2.75) is 27.2 Å². The molecule has 0 aromatic carbocycles. The predicted octanol–water partition coefficient (Wildman–Crippen LogP) is 2.17. The highest BCUT2D eigenvalue weighted by Gasteiger charge is 2.34. The van der Waals surface area contributed by atoms with Gasteiger partial charge in [-0.15, -0.1) is 0 Å². The first-order chi connectivity index (χ1) is 8.39. The minimum Gasteiger partial charge on any atom is -0.398 e. The van der Waals surface area contributed by atoms with Gasteiger partial charge in [-0.3, -0.25) is 9.78 Å². The summed E-state index contributed by atoms with van der Waals surface area (Å²) in [5.74, 6) is 0.562. The van der Waals surface area contributed by atoms with Crippen molar-refractivity contribution in [3.05, 3.63) is 24.0 Å². The molecule has 4 heteroatoms. The highest BCUT2D eigenvalue weighted by molar-refractivity contribution is 5.98. The summed E-state index contributed by atoms with van der Waals surface area (Å²) >= 11 is 0. The van der Waals surface area contributed by atoms with Gasteiger partial charge in [-0.1, -0.05) is 20.8 Å². The molecule has 2 heterocycles. The second-order valence-corrected chi connectivity index (χ2v) is 6.07. The standard InChI is InChI=1S/C14H21N3O/c1-14(2,3)10-5-7-17(9-10)13(18)11-8-16-6-4-12(11)15/h4,6,8,10H,5,7,9H2,1-3H3,(H2,15,16). The van der Waals surface area contributed by atoms with Crippen molar-refractivity contribution in [1.82, 2.24) is 9.88 Å². The number of nitrogens with two attached hydrogens (primary N) is 1. The van der Waals surface area contributed by atoms with Crippen LogP contribution in [-0.4, -0.2) is 28.9 Å². The van der Waals surface area contributed by atoms with Crippen molar-refractivity contribution in [2.24, 2.45) is 11.3 Å². The summed E-state index contributed by atoms with van der Waals surface area (Å²) in [6, 6.07) is 1.67. The van der Waals surface area contributed by atoms with Crippen LogP contribution in [0.15, 0.2) is 18.5 Å². The second-order valence-electron chi connectivity index (χ2n) is 6.07. The zero-order chi connectivity index (χ0) is 13.3. The van der Waals surface area contributed by atoms with Crippen LogP contribution in [0.5, 0.6) is 0 Å². The van der Waals surface area contributed by atoms with E-state index in [0.29, 0.717) is 17.2 Å². The minimum atomic E-state index is 0.00681. The van der Waals surface area contributed by atoms with E-state index in [9.17, 15) is 4.79 Å². The quantitative estimate of drug-likeness (QED) is 0.827. The predicted molar refractivity (Wildman–Crippen MR) is 72.1 cm³/mol. The average Bonchev–Trinajstić information content (AvgIpc) is 2.77. The van der Waals surface area contributed by atoms with E-state index in [1.165, 1.54) is 0 Å². The Hall–Kier alpha value is -1.58. The number of anilines is 1. The third kappa shape index (κ3) is 2.47. The molecule has 1 aliphatic rings. The Morgan fingerprint density at radius 2 is 2.22 bits per heavy atom. The van der Waals surface area contributed by atoms with Gasteiger partial charge < -0.3 is 10.6 Å². The van der Waals surface area contributed by atoms with Gasteiger partial charge in [-0.05, 0) is 23.8 Å². The highest BCUT2D eigenvalue weighted by Crippen LogP contribution is 2.34. The van der Waals surface area contributed by atoms with Gasteiger partial charge in [0.2, 0.25) is 0 Å². The lowest BCUT2D eigenvalue weighted by Crippen LogP contribution is -2.31. The number of hydrogen-bond donors (Lipinski definition) is 1. The van der Waals surface area contributed by atoms with E-state index in [2.05, 4.69) is 25.8 Å². The Morgan fingerprint density at radius 3 is 2.78 bits per heavy atom. The number of rotatable bonds is 1. The maximum Gasteiger partial charge on any atom is 0.257 e. The maximum absolute atomic E-state index is 12.3. The Bertz CT molecular complexity index is 451. The molecule has 0 bridgehead atoms. The molecule has 1 aromatic heterocycles. The third-order valence-electron chi connectivity index (χ3n) is 3.79. The number of hydrogen-bond acceptors (Lipinski definition) is 3. The van der Waals surface area contributed by atoms with Gasteiger partial charge >= 0.3 is 0 Å². The van der Waals surface area contributed by atoms with Crippen LogP contribution in [0.1, 0.15) is 37.6 Å². The minimum absolute atomic E-state index is 0.00681. The molecule has 1 unspecified atom stereocenters. The van der Waals surface area contributed by atoms with Crippen LogP contribution in [0.4, 0.5) is 5.69 Å². The Labute approximate surface area is 108 Å². The van der Waals surface area contributed by atoms with Crippen molar-refractivity contribution in [2.75, 3.05) is 18.8 Å². The molecule has 0 radical (unpaired) electrons. The summed E-state index contributed by atoms with van der Waals surface area (Å²) in [5, 5.41) is 0. The smallest absolute Gasteiger partial charge is 0.257 e. The number of nitrogen functional groups attached to an aromatic ring is 1. The molecule has 0 spiro atoms. The fraction of sp³-hybridized carbons (Fsp3) is 0.571. The lowest BCUT2D eigenvalue weighted by molar-refractivity contribution is 0.0777. The normalized spacial score (nSPS) is 20.2. The monoisotopic (exact) mass is 247 g/mol. The van der Waals surface area contributed by atoms with Gasteiger partial charge in [0.05, 0.1) is 5.56 Å². The lowest BCUT2D eigenvalue weighted by atomic mass is 9.80. The zero-order valence-electron chi connectivity index (χ0n) is 11.3. The van der Waals surface area contributed by atoms with Gasteiger partial charge in [-0.25, -0.2) is 0 Å². The fourth-order valence-electron chi connectivity index (χ4n) is 2.41. The van der Waals surface area contributed by atoms with Crippen LogP contribution < -0.4 is 5.73 Å². The van der Waals surface area contributed by atoms with Crippen LogP contribution in [0.2, 0.25) is 0 Å². The van der Waals surface area contributed by atoms with Gasteiger partial charge in [-0.2, -0.15) is 0 Å². The van der Waals surface area contributed by atoms with Gasteiger partial charge in [0, 0.05) is 31.2 Å². The Kier molecular flexibility index (Phi) is 3.28. The molecule has 98 valence electrons. The van der Waals surface area contributed by atoms with Crippen molar-refractivity contribution in [3.63, 3.8) is 0 Å². The molecular formula is C14H21N3O. The van der Waals surface area contributed by atoms with E-state index in [4.69, 9.17) is 5.73 Å². The van der Waals surface area contributed by atoms with E-state index in [0.717, 1.165) is 19.5 Å². The van der Waals surface area contributed by atoms with Crippen molar-refractivity contribution < 1.29 is 4.79 Å². The summed E-state index contributed by atoms with van der Waals surface area (Å²) in [4.78, 5) is 18.2. The molecule has 1 saturated heterocycles. The number of pyridine rings is 1. The molecule has 1 fully saturated rings. The largest absolute Gasteiger partial charge is 0.398 e. The molecule has 1 aromatic rings. The Morgan fingerprint density at radius 1 is 1.50 bits per heavy atom. The van der Waals surface area contributed by atoms with E-state index >= 15 is 0 Å². The van der Waals surface area contributed by atoms with Crippen molar-refractivity contribution in [3.8, 4) is 0 Å². The highest BCUT2D eigenvalue weighted by atomic mass is 16.2. The summed E-state index contributed by atoms with van der Waals surface area (Å²) in [7, 11) is 0. The number of amides is 1. The number of likely N-dealkylation sites (tertiary alicyclic amines) is 1. The first-order valence-corrected chi connectivity index (χ1v) is 6.38. The van der Waals surface area contributed by atoms with E-state index in [1.807, 2.05) is 4.90 Å². The van der Waals surface area contributed by atoms with Crippen LogP contribution in [0, 0.1) is 11.3 Å². The topological polar surface area (TPSA) is 59.2 Å².